The molecular formula is C23H27ClN2O5. The molecule has 8 heteroatoms. The van der Waals surface area contributed by atoms with E-state index in [1.165, 1.54) is 7.11 Å². The van der Waals surface area contributed by atoms with Crippen molar-refractivity contribution >= 4 is 29.3 Å². The molecule has 1 N–H and O–H groups in total. The van der Waals surface area contributed by atoms with Gasteiger partial charge in [-0.05, 0) is 67.8 Å². The van der Waals surface area contributed by atoms with Gasteiger partial charge in [-0.1, -0.05) is 11.6 Å². The third kappa shape index (κ3) is 5.41. The molecule has 166 valence electrons. The van der Waals surface area contributed by atoms with Crippen molar-refractivity contribution in [1.29, 1.82) is 0 Å². The number of nitrogens with one attached hydrogen (secondary N) is 1. The number of fused-ring (bicyclic) bond motifs is 1. The van der Waals surface area contributed by atoms with E-state index in [9.17, 15) is 9.59 Å². The maximum absolute atomic E-state index is 13.1. The van der Waals surface area contributed by atoms with Crippen LogP contribution in [0.1, 0.15) is 37.4 Å². The largest absolute Gasteiger partial charge is 0.490 e. The molecule has 0 aliphatic carbocycles. The van der Waals surface area contributed by atoms with E-state index in [4.69, 9.17) is 25.8 Å². The van der Waals surface area contributed by atoms with Crippen molar-refractivity contribution in [3.05, 3.63) is 52.5 Å². The van der Waals surface area contributed by atoms with E-state index in [1.54, 1.807) is 29.2 Å². The summed E-state index contributed by atoms with van der Waals surface area (Å²) in [6.45, 7) is 5.25. The molecule has 0 fully saturated rings. The van der Waals surface area contributed by atoms with Gasteiger partial charge >= 0.3 is 12.0 Å². The van der Waals surface area contributed by atoms with Crippen molar-refractivity contribution in [2.75, 3.05) is 32.2 Å². The Morgan fingerprint density at radius 3 is 2.35 bits per heavy atom. The van der Waals surface area contributed by atoms with Crippen LogP contribution in [0.4, 0.5) is 10.5 Å². The third-order valence-corrected chi connectivity index (χ3v) is 5.36. The van der Waals surface area contributed by atoms with Gasteiger partial charge in [-0.3, -0.25) is 4.79 Å². The van der Waals surface area contributed by atoms with E-state index >= 15 is 0 Å². The van der Waals surface area contributed by atoms with Crippen molar-refractivity contribution < 1.29 is 23.8 Å². The summed E-state index contributed by atoms with van der Waals surface area (Å²) in [5, 5.41) is 3.47. The first kappa shape index (κ1) is 22.7. The van der Waals surface area contributed by atoms with Gasteiger partial charge in [-0.15, -0.1) is 0 Å². The van der Waals surface area contributed by atoms with Gasteiger partial charge in [0.15, 0.2) is 11.5 Å². The predicted molar refractivity (Wildman–Crippen MR) is 119 cm³/mol. The Kier molecular flexibility index (Phi) is 7.63. The van der Waals surface area contributed by atoms with Gasteiger partial charge in [0.05, 0.1) is 32.8 Å². The lowest BCUT2D eigenvalue weighted by molar-refractivity contribution is -0.141. The van der Waals surface area contributed by atoms with Crippen LogP contribution in [0.25, 0.3) is 0 Å². The zero-order valence-corrected chi connectivity index (χ0v) is 18.7. The quantitative estimate of drug-likeness (QED) is 0.616. The van der Waals surface area contributed by atoms with Crippen molar-refractivity contribution in [2.24, 2.45) is 0 Å². The molecule has 1 heterocycles. The lowest BCUT2D eigenvalue weighted by Gasteiger charge is -2.37. The highest BCUT2D eigenvalue weighted by molar-refractivity contribution is 6.30. The number of nitrogens with zero attached hydrogens (tertiary/aromatic N) is 1. The lowest BCUT2D eigenvalue weighted by atomic mass is 9.90. The Bertz CT molecular complexity index is 932. The Morgan fingerprint density at radius 1 is 1.10 bits per heavy atom. The number of urea groups is 1. The zero-order valence-electron chi connectivity index (χ0n) is 17.9. The van der Waals surface area contributed by atoms with Crippen LogP contribution in [0.5, 0.6) is 11.5 Å². The zero-order chi connectivity index (χ0) is 22.4. The number of ether oxygens (including phenoxy) is 3. The highest BCUT2D eigenvalue weighted by Crippen LogP contribution is 2.40. The SMILES string of the molecule is CCOc1cc2c(cc1OCC)[C@H](CC(=O)OC)N(C(=O)Nc1ccc(Cl)cc1)CC2. The van der Waals surface area contributed by atoms with E-state index < -0.39 is 12.0 Å². The molecule has 0 aromatic heterocycles. The molecule has 2 amide bonds. The van der Waals surface area contributed by atoms with E-state index in [1.807, 2.05) is 26.0 Å². The van der Waals surface area contributed by atoms with Gasteiger partial charge in [-0.25, -0.2) is 4.79 Å². The number of amides is 2. The maximum atomic E-state index is 13.1. The van der Waals surface area contributed by atoms with Crippen molar-refractivity contribution in [2.45, 2.75) is 32.7 Å². The van der Waals surface area contributed by atoms with Gasteiger partial charge < -0.3 is 24.4 Å². The number of hydrogen-bond donors (Lipinski definition) is 1. The molecule has 2 aromatic carbocycles. The molecule has 0 saturated heterocycles. The summed E-state index contributed by atoms with van der Waals surface area (Å²) in [5.41, 5.74) is 2.50. The molecule has 0 saturated carbocycles. The molecule has 31 heavy (non-hydrogen) atoms. The predicted octanol–water partition coefficient (Wildman–Crippen LogP) is 4.83. The fourth-order valence-electron chi connectivity index (χ4n) is 3.68. The van der Waals surface area contributed by atoms with Crippen LogP contribution in [-0.4, -0.2) is 43.8 Å². The number of methoxy groups -OCH3 is 1. The number of anilines is 1. The lowest BCUT2D eigenvalue weighted by Crippen LogP contribution is -2.43. The van der Waals surface area contributed by atoms with E-state index in [-0.39, 0.29) is 12.5 Å². The molecule has 3 rings (SSSR count). The second-order valence-corrected chi connectivity index (χ2v) is 7.48. The second kappa shape index (κ2) is 10.4. The van der Waals surface area contributed by atoms with Crippen LogP contribution < -0.4 is 14.8 Å². The second-order valence-electron chi connectivity index (χ2n) is 7.04. The van der Waals surface area contributed by atoms with Crippen LogP contribution in [0.2, 0.25) is 5.02 Å². The summed E-state index contributed by atoms with van der Waals surface area (Å²) in [6.07, 6.45) is 0.671. The van der Waals surface area contributed by atoms with Crippen LogP contribution in [0.15, 0.2) is 36.4 Å². The molecule has 1 aliphatic heterocycles. The minimum atomic E-state index is -0.488. The van der Waals surface area contributed by atoms with E-state index in [0.29, 0.717) is 48.4 Å². The standard InChI is InChI=1S/C23H27ClN2O5/c1-4-30-20-12-15-10-11-26(23(28)25-17-8-6-16(24)7-9-17)19(14-22(27)29-3)18(15)13-21(20)31-5-2/h6-9,12-13,19H,4-5,10-11,14H2,1-3H3,(H,25,28)/t19-/m0/s1. The van der Waals surface area contributed by atoms with E-state index in [2.05, 4.69) is 5.32 Å². The number of carbonyl (C=O) groups is 2. The first-order valence-corrected chi connectivity index (χ1v) is 10.7. The number of carbonyl (C=O) groups excluding carboxylic acids is 2. The Hall–Kier alpha value is -2.93. The Morgan fingerprint density at radius 2 is 1.74 bits per heavy atom. The number of esters is 1. The Labute approximate surface area is 187 Å². The number of rotatable bonds is 7. The van der Waals surface area contributed by atoms with Crippen LogP contribution in [0.3, 0.4) is 0 Å². The van der Waals surface area contributed by atoms with Gasteiger partial charge in [0.1, 0.15) is 0 Å². The summed E-state index contributed by atoms with van der Waals surface area (Å²) < 4.78 is 16.4. The summed E-state index contributed by atoms with van der Waals surface area (Å²) in [5.74, 6) is 0.867. The average molecular weight is 447 g/mol. The molecule has 0 unspecified atom stereocenters. The first-order valence-electron chi connectivity index (χ1n) is 10.3. The average Bonchev–Trinajstić information content (AvgIpc) is 2.76. The number of benzene rings is 2. The van der Waals surface area contributed by atoms with E-state index in [0.717, 1.165) is 11.1 Å². The molecule has 0 spiro atoms. The van der Waals surface area contributed by atoms with Gasteiger partial charge in [-0.2, -0.15) is 0 Å². The first-order chi connectivity index (χ1) is 15.0. The highest BCUT2D eigenvalue weighted by Gasteiger charge is 2.34. The van der Waals surface area contributed by atoms with Crippen LogP contribution in [-0.2, 0) is 16.0 Å². The van der Waals surface area contributed by atoms with Gasteiger partial charge in [0.25, 0.3) is 0 Å². The minimum absolute atomic E-state index is 0.0388. The molecule has 0 radical (unpaired) electrons. The monoisotopic (exact) mass is 446 g/mol. The molecule has 7 nitrogen and oxygen atoms in total. The number of halogens is 1. The minimum Gasteiger partial charge on any atom is -0.490 e. The smallest absolute Gasteiger partial charge is 0.322 e. The van der Waals surface area contributed by atoms with Gasteiger partial charge in [0, 0.05) is 17.3 Å². The Balaban J connectivity index is 1.94. The fraction of sp³-hybridized carbons (Fsp3) is 0.391. The van der Waals surface area contributed by atoms with Crippen molar-refractivity contribution in [3.8, 4) is 11.5 Å². The maximum Gasteiger partial charge on any atom is 0.322 e. The topological polar surface area (TPSA) is 77.1 Å². The molecule has 0 bridgehead atoms. The van der Waals surface area contributed by atoms with Crippen LogP contribution in [0, 0.1) is 0 Å². The fourth-order valence-corrected chi connectivity index (χ4v) is 3.80. The molecule has 1 aliphatic rings. The molecule has 1 atom stereocenters. The van der Waals surface area contributed by atoms with Crippen LogP contribution >= 0.6 is 11.6 Å². The van der Waals surface area contributed by atoms with Crippen molar-refractivity contribution in [3.63, 3.8) is 0 Å². The van der Waals surface area contributed by atoms with Gasteiger partial charge in [0.2, 0.25) is 0 Å². The summed E-state index contributed by atoms with van der Waals surface area (Å²) in [7, 11) is 1.34. The summed E-state index contributed by atoms with van der Waals surface area (Å²) in [6, 6.07) is 9.91. The molecule has 2 aromatic rings. The third-order valence-electron chi connectivity index (χ3n) is 5.11. The normalized spacial score (nSPS) is 15.1. The number of hydrogen-bond acceptors (Lipinski definition) is 5. The highest BCUT2D eigenvalue weighted by atomic mass is 35.5. The summed E-state index contributed by atoms with van der Waals surface area (Å²) >= 11 is 5.93. The summed E-state index contributed by atoms with van der Waals surface area (Å²) in [4.78, 5) is 26.9. The van der Waals surface area contributed by atoms with Crippen molar-refractivity contribution in [1.82, 2.24) is 4.90 Å². The molecular weight excluding hydrogens is 420 g/mol.